The lowest BCUT2D eigenvalue weighted by Crippen LogP contribution is -2.31. The molecule has 0 saturated carbocycles. The van der Waals surface area contributed by atoms with Crippen LogP contribution in [0.25, 0.3) is 0 Å². The van der Waals surface area contributed by atoms with Crippen molar-refractivity contribution in [1.29, 1.82) is 0 Å². The van der Waals surface area contributed by atoms with Crippen LogP contribution < -0.4 is 10.6 Å². The molecule has 0 bridgehead atoms. The van der Waals surface area contributed by atoms with Crippen molar-refractivity contribution >= 4 is 11.8 Å². The van der Waals surface area contributed by atoms with Gasteiger partial charge in [-0.3, -0.25) is 9.59 Å². The fourth-order valence-corrected chi connectivity index (χ4v) is 0.778. The molecule has 0 heterocycles. The zero-order valence-corrected chi connectivity index (χ0v) is 8.80. The highest BCUT2D eigenvalue weighted by atomic mass is 16.2. The van der Waals surface area contributed by atoms with Gasteiger partial charge >= 0.3 is 0 Å². The fourth-order valence-electron chi connectivity index (χ4n) is 0.778. The minimum atomic E-state index is -0.248. The molecule has 14 heavy (non-hydrogen) atoms. The number of nitrogens with one attached hydrogen (secondary N) is 2. The Balaban J connectivity index is 3.44. The molecule has 0 unspecified atom stereocenters. The molecule has 0 aromatic rings. The van der Waals surface area contributed by atoms with E-state index in [0.29, 0.717) is 25.4 Å². The molecule has 0 aliphatic carbocycles. The van der Waals surface area contributed by atoms with Crippen LogP contribution in [0.4, 0.5) is 0 Å². The smallest absolute Gasteiger partial charge is 0.243 e. The summed E-state index contributed by atoms with van der Waals surface area (Å²) >= 11 is 0. The molecule has 0 atom stereocenters. The molecule has 0 aromatic heterocycles. The highest BCUT2D eigenvalue weighted by Crippen LogP contribution is 1.87. The SMILES string of the molecule is C=CC(=O)NCCC(=O)NCC(C)C. The van der Waals surface area contributed by atoms with Crippen LogP contribution in [0.15, 0.2) is 12.7 Å². The quantitative estimate of drug-likeness (QED) is 0.609. The topological polar surface area (TPSA) is 58.2 Å². The van der Waals surface area contributed by atoms with Crippen LogP contribution in [-0.4, -0.2) is 24.9 Å². The third kappa shape index (κ3) is 7.34. The third-order valence-corrected chi connectivity index (χ3v) is 1.54. The van der Waals surface area contributed by atoms with Gasteiger partial charge < -0.3 is 10.6 Å². The van der Waals surface area contributed by atoms with Gasteiger partial charge in [-0.05, 0) is 12.0 Å². The highest BCUT2D eigenvalue weighted by Gasteiger charge is 2.02. The van der Waals surface area contributed by atoms with Crippen LogP contribution in [0.1, 0.15) is 20.3 Å². The Bertz CT molecular complexity index is 212. The normalized spacial score (nSPS) is 9.64. The predicted molar refractivity (Wildman–Crippen MR) is 55.7 cm³/mol. The van der Waals surface area contributed by atoms with E-state index in [1.165, 1.54) is 6.08 Å². The number of hydrogen-bond acceptors (Lipinski definition) is 2. The molecule has 2 N–H and O–H groups in total. The van der Waals surface area contributed by atoms with Gasteiger partial charge in [0, 0.05) is 19.5 Å². The number of hydrogen-bond donors (Lipinski definition) is 2. The summed E-state index contributed by atoms with van der Waals surface area (Å²) in [6.45, 7) is 8.39. The van der Waals surface area contributed by atoms with Gasteiger partial charge in [-0.15, -0.1) is 0 Å². The molecule has 0 rings (SSSR count). The molecule has 0 fully saturated rings. The lowest BCUT2D eigenvalue weighted by Gasteiger charge is -2.07. The Morgan fingerprint density at radius 2 is 2.00 bits per heavy atom. The van der Waals surface area contributed by atoms with Gasteiger partial charge in [-0.1, -0.05) is 20.4 Å². The van der Waals surface area contributed by atoms with Crippen LogP contribution >= 0.6 is 0 Å². The second kappa shape index (κ2) is 7.12. The molecule has 2 amide bonds. The van der Waals surface area contributed by atoms with Gasteiger partial charge in [0.1, 0.15) is 0 Å². The Morgan fingerprint density at radius 3 is 2.50 bits per heavy atom. The Hall–Kier alpha value is -1.32. The fraction of sp³-hybridized carbons (Fsp3) is 0.600. The monoisotopic (exact) mass is 198 g/mol. The molecular formula is C10H18N2O2. The van der Waals surface area contributed by atoms with E-state index < -0.39 is 0 Å². The second-order valence-electron chi connectivity index (χ2n) is 3.44. The van der Waals surface area contributed by atoms with Crippen molar-refractivity contribution in [1.82, 2.24) is 10.6 Å². The van der Waals surface area contributed by atoms with Crippen LogP contribution in [-0.2, 0) is 9.59 Å². The minimum absolute atomic E-state index is 0.0388. The van der Waals surface area contributed by atoms with Crippen LogP contribution in [0.5, 0.6) is 0 Å². The van der Waals surface area contributed by atoms with Crippen molar-refractivity contribution < 1.29 is 9.59 Å². The standard InChI is InChI=1S/C10H18N2O2/c1-4-9(13)11-6-5-10(14)12-7-8(2)3/h4,8H,1,5-7H2,2-3H3,(H,11,13)(H,12,14). The summed E-state index contributed by atoms with van der Waals surface area (Å²) in [5, 5.41) is 5.29. The maximum Gasteiger partial charge on any atom is 0.243 e. The lowest BCUT2D eigenvalue weighted by molar-refractivity contribution is -0.121. The van der Waals surface area contributed by atoms with E-state index in [9.17, 15) is 9.59 Å². The molecular weight excluding hydrogens is 180 g/mol. The number of rotatable bonds is 6. The highest BCUT2D eigenvalue weighted by molar-refractivity contribution is 5.87. The van der Waals surface area contributed by atoms with Crippen LogP contribution in [0, 0.1) is 5.92 Å². The molecule has 4 heteroatoms. The van der Waals surface area contributed by atoms with E-state index in [4.69, 9.17) is 0 Å². The summed E-state index contributed by atoms with van der Waals surface area (Å²) < 4.78 is 0. The summed E-state index contributed by atoms with van der Waals surface area (Å²) in [5.41, 5.74) is 0. The van der Waals surface area contributed by atoms with Gasteiger partial charge in [0.05, 0.1) is 0 Å². The van der Waals surface area contributed by atoms with Crippen molar-refractivity contribution in [3.05, 3.63) is 12.7 Å². The number of amides is 2. The summed E-state index contributed by atoms with van der Waals surface area (Å²) in [6.07, 6.45) is 1.50. The van der Waals surface area contributed by atoms with Gasteiger partial charge in [-0.25, -0.2) is 0 Å². The third-order valence-electron chi connectivity index (χ3n) is 1.54. The van der Waals surface area contributed by atoms with Crippen molar-refractivity contribution in [3.8, 4) is 0 Å². The second-order valence-corrected chi connectivity index (χ2v) is 3.44. The average Bonchev–Trinajstić information content (AvgIpc) is 2.14. The van der Waals surface area contributed by atoms with Crippen molar-refractivity contribution in [2.75, 3.05) is 13.1 Å². The Kier molecular flexibility index (Phi) is 6.45. The van der Waals surface area contributed by atoms with Crippen molar-refractivity contribution in [3.63, 3.8) is 0 Å². The van der Waals surface area contributed by atoms with Crippen molar-refractivity contribution in [2.45, 2.75) is 20.3 Å². The molecule has 0 radical (unpaired) electrons. The van der Waals surface area contributed by atoms with E-state index in [0.717, 1.165) is 0 Å². The van der Waals surface area contributed by atoms with E-state index in [1.54, 1.807) is 0 Å². The van der Waals surface area contributed by atoms with E-state index >= 15 is 0 Å². The zero-order valence-electron chi connectivity index (χ0n) is 8.80. The van der Waals surface area contributed by atoms with Crippen LogP contribution in [0.2, 0.25) is 0 Å². The lowest BCUT2D eigenvalue weighted by atomic mass is 10.2. The molecule has 0 aliphatic heterocycles. The van der Waals surface area contributed by atoms with Gasteiger partial charge in [0.2, 0.25) is 11.8 Å². The summed E-state index contributed by atoms with van der Waals surface area (Å²) in [6, 6.07) is 0. The number of carbonyl (C=O) groups is 2. The first-order valence-corrected chi connectivity index (χ1v) is 4.73. The maximum absolute atomic E-state index is 11.1. The zero-order chi connectivity index (χ0) is 11.0. The molecule has 80 valence electrons. The summed E-state index contributed by atoms with van der Waals surface area (Å²) in [7, 11) is 0. The maximum atomic E-state index is 11.1. The molecule has 0 spiro atoms. The Labute approximate surface area is 84.8 Å². The molecule has 4 nitrogen and oxygen atoms in total. The summed E-state index contributed by atoms with van der Waals surface area (Å²) in [4.78, 5) is 21.8. The van der Waals surface area contributed by atoms with Crippen molar-refractivity contribution in [2.24, 2.45) is 5.92 Å². The van der Waals surface area contributed by atoms with E-state index in [2.05, 4.69) is 17.2 Å². The molecule has 0 aliphatic rings. The average molecular weight is 198 g/mol. The number of carbonyl (C=O) groups excluding carboxylic acids is 2. The predicted octanol–water partition coefficient (Wildman–Crippen LogP) is 0.451. The first kappa shape index (κ1) is 12.7. The molecule has 0 saturated heterocycles. The molecule has 0 aromatic carbocycles. The van der Waals surface area contributed by atoms with Gasteiger partial charge in [0.25, 0.3) is 0 Å². The Morgan fingerprint density at radius 1 is 1.36 bits per heavy atom. The minimum Gasteiger partial charge on any atom is -0.356 e. The van der Waals surface area contributed by atoms with Gasteiger partial charge in [-0.2, -0.15) is 0 Å². The van der Waals surface area contributed by atoms with E-state index in [-0.39, 0.29) is 11.8 Å². The largest absolute Gasteiger partial charge is 0.356 e. The van der Waals surface area contributed by atoms with Crippen LogP contribution in [0.3, 0.4) is 0 Å². The first-order chi connectivity index (χ1) is 6.56. The first-order valence-electron chi connectivity index (χ1n) is 4.73. The van der Waals surface area contributed by atoms with Gasteiger partial charge in [0.15, 0.2) is 0 Å². The van der Waals surface area contributed by atoms with E-state index in [1.807, 2.05) is 13.8 Å². The summed E-state index contributed by atoms with van der Waals surface area (Å²) in [5.74, 6) is 0.159.